The van der Waals surface area contributed by atoms with Gasteiger partial charge in [-0.3, -0.25) is 0 Å². The molecule has 0 N–H and O–H groups in total. The lowest BCUT2D eigenvalue weighted by molar-refractivity contribution is 0.0223. The van der Waals surface area contributed by atoms with E-state index in [0.29, 0.717) is 18.1 Å². The first kappa shape index (κ1) is 15.9. The number of aromatic nitrogens is 2. The maximum absolute atomic E-state index is 12.2. The molecule has 1 aliphatic rings. The minimum Gasteiger partial charge on any atom is -0.444 e. The molecule has 1 aromatic heterocycles. The second-order valence-electron chi connectivity index (χ2n) is 6.63. The lowest BCUT2D eigenvalue weighted by Crippen LogP contribution is -2.40. The van der Waals surface area contributed by atoms with Crippen molar-refractivity contribution >= 4 is 17.7 Å². The van der Waals surface area contributed by atoms with E-state index < -0.39 is 5.60 Å². The third kappa shape index (κ3) is 3.34. The van der Waals surface area contributed by atoms with Crippen LogP contribution in [-0.4, -0.2) is 32.9 Å². The van der Waals surface area contributed by atoms with Crippen molar-refractivity contribution in [2.75, 3.05) is 6.54 Å². The van der Waals surface area contributed by atoms with Crippen LogP contribution in [0.4, 0.5) is 4.79 Å². The van der Waals surface area contributed by atoms with Crippen LogP contribution in [0.15, 0.2) is 30.5 Å². The van der Waals surface area contributed by atoms with E-state index in [1.807, 2.05) is 49.7 Å². The van der Waals surface area contributed by atoms with Gasteiger partial charge in [0.1, 0.15) is 5.60 Å². The zero-order valence-electron chi connectivity index (χ0n) is 13.5. The Balaban J connectivity index is 1.82. The van der Waals surface area contributed by atoms with Crippen LogP contribution in [0.25, 0.3) is 5.69 Å². The highest BCUT2D eigenvalue weighted by atomic mass is 35.5. The summed E-state index contributed by atoms with van der Waals surface area (Å²) in [4.78, 5) is 13.9. The van der Waals surface area contributed by atoms with Gasteiger partial charge in [0.15, 0.2) is 0 Å². The number of carbonyl (C=O) groups is 1. The van der Waals surface area contributed by atoms with Gasteiger partial charge in [0.25, 0.3) is 0 Å². The maximum atomic E-state index is 12.2. The second-order valence-corrected chi connectivity index (χ2v) is 7.04. The van der Waals surface area contributed by atoms with E-state index in [1.54, 1.807) is 11.1 Å². The van der Waals surface area contributed by atoms with Gasteiger partial charge in [0.2, 0.25) is 0 Å². The van der Waals surface area contributed by atoms with E-state index in [2.05, 4.69) is 5.10 Å². The number of fused-ring (bicyclic) bond motifs is 1. The number of benzene rings is 1. The molecular weight excluding hydrogens is 314 g/mol. The fourth-order valence-electron chi connectivity index (χ4n) is 2.65. The van der Waals surface area contributed by atoms with Crippen LogP contribution in [0, 0.1) is 0 Å². The molecule has 2 heterocycles. The highest BCUT2D eigenvalue weighted by molar-refractivity contribution is 6.32. The highest BCUT2D eigenvalue weighted by Gasteiger charge is 2.28. The van der Waals surface area contributed by atoms with Crippen LogP contribution in [0.3, 0.4) is 0 Å². The molecule has 0 unspecified atom stereocenters. The summed E-state index contributed by atoms with van der Waals surface area (Å²) in [5, 5.41) is 5.11. The predicted molar refractivity (Wildman–Crippen MR) is 88.9 cm³/mol. The summed E-state index contributed by atoms with van der Waals surface area (Å²) in [6.45, 7) is 6.73. The van der Waals surface area contributed by atoms with Crippen molar-refractivity contribution < 1.29 is 9.53 Å². The minimum atomic E-state index is -0.487. The molecule has 3 rings (SSSR count). The summed E-state index contributed by atoms with van der Waals surface area (Å²) in [6, 6.07) is 7.62. The Labute approximate surface area is 140 Å². The molecule has 23 heavy (non-hydrogen) atoms. The Hall–Kier alpha value is -2.01. The molecule has 0 atom stereocenters. The first-order chi connectivity index (χ1) is 10.8. The molecule has 6 heteroatoms. The molecule has 0 saturated heterocycles. The molecule has 0 fully saturated rings. The number of hydrogen-bond donors (Lipinski definition) is 0. The summed E-state index contributed by atoms with van der Waals surface area (Å²) in [5.41, 5.74) is 2.50. The van der Waals surface area contributed by atoms with Crippen molar-refractivity contribution in [3.8, 4) is 5.69 Å². The van der Waals surface area contributed by atoms with Crippen molar-refractivity contribution in [3.05, 3.63) is 46.7 Å². The quantitative estimate of drug-likeness (QED) is 0.797. The number of rotatable bonds is 1. The first-order valence-electron chi connectivity index (χ1n) is 7.64. The van der Waals surface area contributed by atoms with Gasteiger partial charge in [-0.25, -0.2) is 9.48 Å². The van der Waals surface area contributed by atoms with Gasteiger partial charge in [0.05, 0.1) is 29.1 Å². The van der Waals surface area contributed by atoms with Crippen molar-refractivity contribution in [2.24, 2.45) is 0 Å². The maximum Gasteiger partial charge on any atom is 0.410 e. The zero-order valence-corrected chi connectivity index (χ0v) is 14.3. The van der Waals surface area contributed by atoms with Crippen LogP contribution in [0.1, 0.15) is 32.0 Å². The van der Waals surface area contributed by atoms with Gasteiger partial charge in [-0.05, 0) is 32.9 Å². The fourth-order valence-corrected chi connectivity index (χ4v) is 2.86. The molecule has 0 radical (unpaired) electrons. The first-order valence-corrected chi connectivity index (χ1v) is 8.01. The SMILES string of the molecule is CC(C)(C)OC(=O)N1CCc2c(cnn2-c2ccccc2Cl)C1. The molecule has 2 aromatic rings. The largest absolute Gasteiger partial charge is 0.444 e. The minimum absolute atomic E-state index is 0.284. The van der Waals surface area contributed by atoms with E-state index in [0.717, 1.165) is 23.4 Å². The molecule has 122 valence electrons. The van der Waals surface area contributed by atoms with Crippen LogP contribution in [0.2, 0.25) is 5.02 Å². The number of para-hydroxylation sites is 1. The molecule has 0 saturated carbocycles. The summed E-state index contributed by atoms with van der Waals surface area (Å²) in [7, 11) is 0. The topological polar surface area (TPSA) is 47.4 Å². The normalized spacial score (nSPS) is 14.5. The number of amides is 1. The number of halogens is 1. The lowest BCUT2D eigenvalue weighted by Gasteiger charge is -2.30. The Morgan fingerprint density at radius 1 is 1.30 bits per heavy atom. The summed E-state index contributed by atoms with van der Waals surface area (Å²) in [5.74, 6) is 0. The van der Waals surface area contributed by atoms with E-state index in [9.17, 15) is 4.79 Å². The molecule has 1 aromatic carbocycles. The molecule has 0 aliphatic carbocycles. The Morgan fingerprint density at radius 2 is 2.04 bits per heavy atom. The van der Waals surface area contributed by atoms with Gasteiger partial charge < -0.3 is 9.64 Å². The highest BCUT2D eigenvalue weighted by Crippen LogP contribution is 2.26. The zero-order chi connectivity index (χ0) is 16.6. The predicted octanol–water partition coefficient (Wildman–Crippen LogP) is 3.82. The summed E-state index contributed by atoms with van der Waals surface area (Å²) < 4.78 is 7.31. The van der Waals surface area contributed by atoms with Gasteiger partial charge in [-0.2, -0.15) is 5.10 Å². The second kappa shape index (κ2) is 5.89. The Kier molecular flexibility index (Phi) is 4.06. The smallest absolute Gasteiger partial charge is 0.410 e. The summed E-state index contributed by atoms with van der Waals surface area (Å²) >= 11 is 6.26. The van der Waals surface area contributed by atoms with Crippen molar-refractivity contribution in [2.45, 2.75) is 39.3 Å². The van der Waals surface area contributed by atoms with E-state index >= 15 is 0 Å². The Bertz CT molecular complexity index is 734. The van der Waals surface area contributed by atoms with Gasteiger partial charge in [-0.15, -0.1) is 0 Å². The molecule has 0 bridgehead atoms. The fraction of sp³-hybridized carbons (Fsp3) is 0.412. The number of hydrogen-bond acceptors (Lipinski definition) is 3. The number of ether oxygens (including phenoxy) is 1. The third-order valence-corrected chi connectivity index (χ3v) is 3.99. The van der Waals surface area contributed by atoms with Crippen molar-refractivity contribution in [3.63, 3.8) is 0 Å². The van der Waals surface area contributed by atoms with Gasteiger partial charge in [0, 0.05) is 18.5 Å². The van der Waals surface area contributed by atoms with E-state index in [4.69, 9.17) is 16.3 Å². The molecule has 0 spiro atoms. The molecular formula is C17H20ClN3O2. The summed E-state index contributed by atoms with van der Waals surface area (Å²) in [6.07, 6.45) is 2.24. The van der Waals surface area contributed by atoms with E-state index in [1.165, 1.54) is 0 Å². The van der Waals surface area contributed by atoms with Crippen LogP contribution >= 0.6 is 11.6 Å². The van der Waals surface area contributed by atoms with Crippen molar-refractivity contribution in [1.29, 1.82) is 0 Å². The van der Waals surface area contributed by atoms with Gasteiger partial charge >= 0.3 is 6.09 Å². The standard InChI is InChI=1S/C17H20ClN3O2/c1-17(2,3)23-16(22)20-9-8-14-12(11-20)10-19-21(14)15-7-5-4-6-13(15)18/h4-7,10H,8-9,11H2,1-3H3. The van der Waals surface area contributed by atoms with Crippen molar-refractivity contribution in [1.82, 2.24) is 14.7 Å². The molecule has 1 aliphatic heterocycles. The lowest BCUT2D eigenvalue weighted by atomic mass is 10.1. The van der Waals surface area contributed by atoms with Crippen LogP contribution < -0.4 is 0 Å². The van der Waals surface area contributed by atoms with Crippen LogP contribution in [0.5, 0.6) is 0 Å². The van der Waals surface area contributed by atoms with E-state index in [-0.39, 0.29) is 6.09 Å². The van der Waals surface area contributed by atoms with Crippen LogP contribution in [-0.2, 0) is 17.7 Å². The average molecular weight is 334 g/mol. The monoisotopic (exact) mass is 333 g/mol. The number of carbonyl (C=O) groups excluding carboxylic acids is 1. The average Bonchev–Trinajstić information content (AvgIpc) is 2.89. The molecule has 1 amide bonds. The molecule has 5 nitrogen and oxygen atoms in total. The Morgan fingerprint density at radius 3 is 2.74 bits per heavy atom. The third-order valence-electron chi connectivity index (χ3n) is 3.67. The van der Waals surface area contributed by atoms with Gasteiger partial charge in [-0.1, -0.05) is 23.7 Å². The number of nitrogens with zero attached hydrogens (tertiary/aromatic N) is 3.